The number of nitrogens with one attached hydrogen (secondary N) is 1. The summed E-state index contributed by atoms with van der Waals surface area (Å²) >= 11 is 0. The van der Waals surface area contributed by atoms with Crippen molar-refractivity contribution in [3.63, 3.8) is 0 Å². The van der Waals surface area contributed by atoms with Gasteiger partial charge in [-0.15, -0.1) is 0 Å². The lowest BCUT2D eigenvalue weighted by Gasteiger charge is -2.26. The standard InChI is InChI=1S/C21H34N2O/c1-3-5-9-18(4-2)16-22-21(24)20-12-10-19(11-13-20)17-23-14-7-6-8-15-23/h10-13,18H,3-9,14-17H2,1-2H3,(H,22,24)/t18-/m1/s1. The maximum absolute atomic E-state index is 12.3. The molecule has 3 nitrogen and oxygen atoms in total. The Balaban J connectivity index is 1.79. The van der Waals surface area contributed by atoms with Crippen molar-refractivity contribution in [1.29, 1.82) is 0 Å². The number of benzene rings is 1. The predicted octanol–water partition coefficient (Wildman–Crippen LogP) is 4.62. The minimum Gasteiger partial charge on any atom is -0.352 e. The second-order valence-electron chi connectivity index (χ2n) is 7.16. The van der Waals surface area contributed by atoms with Crippen molar-refractivity contribution in [2.24, 2.45) is 5.92 Å². The fourth-order valence-electron chi connectivity index (χ4n) is 3.42. The molecule has 0 radical (unpaired) electrons. The van der Waals surface area contributed by atoms with Crippen molar-refractivity contribution >= 4 is 5.91 Å². The van der Waals surface area contributed by atoms with Crippen LogP contribution in [0.4, 0.5) is 0 Å². The fraction of sp³-hybridized carbons (Fsp3) is 0.667. The van der Waals surface area contributed by atoms with Crippen molar-refractivity contribution in [3.8, 4) is 0 Å². The van der Waals surface area contributed by atoms with Gasteiger partial charge in [0.05, 0.1) is 0 Å². The molecule has 1 atom stereocenters. The van der Waals surface area contributed by atoms with E-state index >= 15 is 0 Å². The molecule has 3 heteroatoms. The second-order valence-corrected chi connectivity index (χ2v) is 7.16. The van der Waals surface area contributed by atoms with E-state index in [1.54, 1.807) is 0 Å². The molecule has 0 aliphatic carbocycles. The molecule has 1 aromatic rings. The smallest absolute Gasteiger partial charge is 0.251 e. The summed E-state index contributed by atoms with van der Waals surface area (Å²) < 4.78 is 0. The van der Waals surface area contributed by atoms with Crippen LogP contribution in [0.25, 0.3) is 0 Å². The molecule has 1 fully saturated rings. The highest BCUT2D eigenvalue weighted by Gasteiger charge is 2.12. The van der Waals surface area contributed by atoms with E-state index in [9.17, 15) is 4.79 Å². The number of carbonyl (C=O) groups is 1. The largest absolute Gasteiger partial charge is 0.352 e. The van der Waals surface area contributed by atoms with E-state index in [0.717, 1.165) is 25.1 Å². The van der Waals surface area contributed by atoms with E-state index in [1.165, 1.54) is 57.2 Å². The summed E-state index contributed by atoms with van der Waals surface area (Å²) in [4.78, 5) is 14.8. The number of nitrogens with zero attached hydrogens (tertiary/aromatic N) is 1. The van der Waals surface area contributed by atoms with Crippen LogP contribution < -0.4 is 5.32 Å². The highest BCUT2D eigenvalue weighted by atomic mass is 16.1. The van der Waals surface area contributed by atoms with Gasteiger partial charge in [-0.1, -0.05) is 51.7 Å². The third-order valence-electron chi connectivity index (χ3n) is 5.17. The number of hydrogen-bond donors (Lipinski definition) is 1. The number of hydrogen-bond acceptors (Lipinski definition) is 2. The number of likely N-dealkylation sites (tertiary alicyclic amines) is 1. The number of amides is 1. The molecule has 24 heavy (non-hydrogen) atoms. The highest BCUT2D eigenvalue weighted by molar-refractivity contribution is 5.94. The van der Waals surface area contributed by atoms with Crippen LogP contribution in [0.2, 0.25) is 0 Å². The van der Waals surface area contributed by atoms with Crippen LogP contribution >= 0.6 is 0 Å². The maximum atomic E-state index is 12.3. The first-order chi connectivity index (χ1) is 11.7. The Bertz CT molecular complexity index is 477. The molecular formula is C21H34N2O. The Morgan fingerprint density at radius 1 is 1.12 bits per heavy atom. The van der Waals surface area contributed by atoms with Gasteiger partial charge >= 0.3 is 0 Å². The van der Waals surface area contributed by atoms with E-state index in [2.05, 4.69) is 36.2 Å². The summed E-state index contributed by atoms with van der Waals surface area (Å²) in [7, 11) is 0. The lowest BCUT2D eigenvalue weighted by Crippen LogP contribution is -2.30. The third kappa shape index (κ3) is 6.27. The van der Waals surface area contributed by atoms with E-state index in [0.29, 0.717) is 5.92 Å². The van der Waals surface area contributed by atoms with Crippen LogP contribution in [0.5, 0.6) is 0 Å². The molecule has 1 amide bonds. The van der Waals surface area contributed by atoms with Crippen LogP contribution in [-0.4, -0.2) is 30.4 Å². The molecule has 0 aromatic heterocycles. The summed E-state index contributed by atoms with van der Waals surface area (Å²) in [6.07, 6.45) is 8.82. The third-order valence-corrected chi connectivity index (χ3v) is 5.17. The molecule has 134 valence electrons. The van der Waals surface area contributed by atoms with Gasteiger partial charge < -0.3 is 5.32 Å². The number of unbranched alkanes of at least 4 members (excludes halogenated alkanes) is 1. The molecule has 1 heterocycles. The zero-order valence-corrected chi connectivity index (χ0v) is 15.5. The van der Waals surface area contributed by atoms with Gasteiger partial charge in [0.2, 0.25) is 0 Å². The normalized spacial score (nSPS) is 16.8. The Morgan fingerprint density at radius 2 is 1.83 bits per heavy atom. The monoisotopic (exact) mass is 330 g/mol. The zero-order valence-electron chi connectivity index (χ0n) is 15.5. The molecule has 0 bridgehead atoms. The molecule has 0 saturated carbocycles. The van der Waals surface area contributed by atoms with Crippen molar-refractivity contribution in [3.05, 3.63) is 35.4 Å². The zero-order chi connectivity index (χ0) is 17.2. The summed E-state index contributed by atoms with van der Waals surface area (Å²) in [5.41, 5.74) is 2.09. The number of piperidine rings is 1. The van der Waals surface area contributed by atoms with Crippen LogP contribution in [0.1, 0.15) is 74.7 Å². The van der Waals surface area contributed by atoms with Crippen LogP contribution in [0.15, 0.2) is 24.3 Å². The molecule has 1 saturated heterocycles. The van der Waals surface area contributed by atoms with E-state index in [-0.39, 0.29) is 5.91 Å². The molecule has 0 unspecified atom stereocenters. The lowest BCUT2D eigenvalue weighted by atomic mass is 9.99. The molecule has 1 aliphatic rings. The van der Waals surface area contributed by atoms with Crippen molar-refractivity contribution in [2.75, 3.05) is 19.6 Å². The first-order valence-electron chi connectivity index (χ1n) is 9.82. The van der Waals surface area contributed by atoms with Crippen molar-refractivity contribution in [2.45, 2.75) is 65.3 Å². The minimum atomic E-state index is 0.0643. The van der Waals surface area contributed by atoms with Gasteiger partial charge in [0, 0.05) is 18.7 Å². The van der Waals surface area contributed by atoms with Gasteiger partial charge in [-0.25, -0.2) is 0 Å². The second kappa shape index (κ2) is 10.5. The Morgan fingerprint density at radius 3 is 2.46 bits per heavy atom. The van der Waals surface area contributed by atoms with Gasteiger partial charge in [-0.2, -0.15) is 0 Å². The molecular weight excluding hydrogens is 296 g/mol. The first-order valence-corrected chi connectivity index (χ1v) is 9.82. The lowest BCUT2D eigenvalue weighted by molar-refractivity contribution is 0.0946. The topological polar surface area (TPSA) is 32.3 Å². The average molecular weight is 331 g/mol. The van der Waals surface area contributed by atoms with Gasteiger partial charge in [-0.05, 0) is 56.0 Å². The van der Waals surface area contributed by atoms with Crippen molar-refractivity contribution < 1.29 is 4.79 Å². The summed E-state index contributed by atoms with van der Waals surface area (Å²) in [5, 5.41) is 3.11. The SMILES string of the molecule is CCCC[C@@H](CC)CNC(=O)c1ccc(CN2CCCCC2)cc1. The minimum absolute atomic E-state index is 0.0643. The highest BCUT2D eigenvalue weighted by Crippen LogP contribution is 2.14. The Labute approximate surface area is 147 Å². The van der Waals surface area contributed by atoms with Gasteiger partial charge in [0.15, 0.2) is 0 Å². The molecule has 1 N–H and O–H groups in total. The summed E-state index contributed by atoms with van der Waals surface area (Å²) in [6.45, 7) is 8.65. The molecule has 1 aliphatic heterocycles. The van der Waals surface area contributed by atoms with Crippen molar-refractivity contribution in [1.82, 2.24) is 10.2 Å². The quantitative estimate of drug-likeness (QED) is 0.716. The number of rotatable bonds is 9. The van der Waals surface area contributed by atoms with E-state index in [4.69, 9.17) is 0 Å². The Hall–Kier alpha value is -1.35. The summed E-state index contributed by atoms with van der Waals surface area (Å²) in [6, 6.07) is 8.17. The maximum Gasteiger partial charge on any atom is 0.251 e. The molecule has 2 rings (SSSR count). The van der Waals surface area contributed by atoms with Gasteiger partial charge in [-0.3, -0.25) is 9.69 Å². The molecule has 0 spiro atoms. The Kier molecular flexibility index (Phi) is 8.31. The predicted molar refractivity (Wildman–Crippen MR) is 101 cm³/mol. The fourth-order valence-corrected chi connectivity index (χ4v) is 3.42. The average Bonchev–Trinajstić information content (AvgIpc) is 2.63. The van der Waals surface area contributed by atoms with Gasteiger partial charge in [0.25, 0.3) is 5.91 Å². The van der Waals surface area contributed by atoms with Crippen LogP contribution in [-0.2, 0) is 6.54 Å². The van der Waals surface area contributed by atoms with E-state index in [1.807, 2.05) is 12.1 Å². The van der Waals surface area contributed by atoms with E-state index < -0.39 is 0 Å². The number of carbonyl (C=O) groups excluding carboxylic acids is 1. The first kappa shape index (κ1) is 19.0. The summed E-state index contributed by atoms with van der Waals surface area (Å²) in [5.74, 6) is 0.668. The van der Waals surface area contributed by atoms with Crippen LogP contribution in [0.3, 0.4) is 0 Å². The molecule has 1 aromatic carbocycles. The van der Waals surface area contributed by atoms with Gasteiger partial charge in [0.1, 0.15) is 0 Å². The van der Waals surface area contributed by atoms with Crippen LogP contribution in [0, 0.1) is 5.92 Å².